The quantitative estimate of drug-likeness (QED) is 0.391. The molecule has 34 heavy (non-hydrogen) atoms. The standard InChI is InChI=1S/C22H15F4N7O/c23-12-4-2-5-13(24)17(12)21-29-30-22(34-21)32-8-7-14-18(28-10-27-14)19(32)15-9-11-3-1-6-16(20(25)26)33(11)31-15/h1-6,9-10,19-20H,7-8H2,(H,27,28). The van der Waals surface area contributed by atoms with Crippen LogP contribution >= 0.6 is 0 Å². The van der Waals surface area contributed by atoms with Crippen molar-refractivity contribution < 1.29 is 22.0 Å². The molecule has 1 aliphatic heterocycles. The van der Waals surface area contributed by atoms with Gasteiger partial charge in [0.2, 0.25) is 0 Å². The van der Waals surface area contributed by atoms with Gasteiger partial charge in [-0.3, -0.25) is 0 Å². The molecule has 1 aliphatic rings. The van der Waals surface area contributed by atoms with Crippen LogP contribution in [0.15, 0.2) is 53.2 Å². The number of hydrogen-bond donors (Lipinski definition) is 1. The summed E-state index contributed by atoms with van der Waals surface area (Å²) in [6.07, 6.45) is -0.628. The summed E-state index contributed by atoms with van der Waals surface area (Å²) in [6.45, 7) is 0.386. The van der Waals surface area contributed by atoms with Gasteiger partial charge in [-0.15, -0.1) is 5.10 Å². The summed E-state index contributed by atoms with van der Waals surface area (Å²) in [7, 11) is 0. The molecule has 1 unspecified atom stereocenters. The second-order valence-corrected chi connectivity index (χ2v) is 7.76. The van der Waals surface area contributed by atoms with E-state index >= 15 is 0 Å². The van der Waals surface area contributed by atoms with Gasteiger partial charge in [-0.05, 0) is 30.3 Å². The second-order valence-electron chi connectivity index (χ2n) is 7.76. The maximum atomic E-state index is 14.2. The van der Waals surface area contributed by atoms with Crippen LogP contribution < -0.4 is 4.90 Å². The lowest BCUT2D eigenvalue weighted by Crippen LogP contribution is -2.37. The Morgan fingerprint density at radius 1 is 1.06 bits per heavy atom. The fourth-order valence-electron chi connectivity index (χ4n) is 4.27. The molecule has 0 aliphatic carbocycles. The summed E-state index contributed by atoms with van der Waals surface area (Å²) in [5, 5.41) is 12.3. The van der Waals surface area contributed by atoms with Crippen molar-refractivity contribution in [2.45, 2.75) is 18.9 Å². The molecule has 5 heterocycles. The van der Waals surface area contributed by atoms with Gasteiger partial charge in [-0.2, -0.15) is 5.10 Å². The Morgan fingerprint density at radius 3 is 2.65 bits per heavy atom. The molecule has 0 amide bonds. The minimum atomic E-state index is -2.71. The number of pyridine rings is 1. The van der Waals surface area contributed by atoms with Crippen molar-refractivity contribution in [1.29, 1.82) is 0 Å². The maximum Gasteiger partial charge on any atom is 0.319 e. The molecule has 1 N–H and O–H groups in total. The number of anilines is 1. The molecule has 6 rings (SSSR count). The van der Waals surface area contributed by atoms with Crippen molar-refractivity contribution in [3.63, 3.8) is 0 Å². The number of imidazole rings is 1. The third-order valence-corrected chi connectivity index (χ3v) is 5.80. The Morgan fingerprint density at radius 2 is 1.85 bits per heavy atom. The van der Waals surface area contributed by atoms with Crippen molar-refractivity contribution in [1.82, 2.24) is 29.8 Å². The Balaban J connectivity index is 1.47. The first-order chi connectivity index (χ1) is 16.5. The van der Waals surface area contributed by atoms with Crippen molar-refractivity contribution in [2.75, 3.05) is 11.4 Å². The normalized spacial score (nSPS) is 15.9. The molecule has 0 fully saturated rings. The van der Waals surface area contributed by atoms with Crippen molar-refractivity contribution in [3.8, 4) is 11.5 Å². The van der Waals surface area contributed by atoms with Crippen molar-refractivity contribution >= 4 is 11.5 Å². The summed E-state index contributed by atoms with van der Waals surface area (Å²) in [5.41, 5.74) is 1.71. The number of nitrogens with zero attached hydrogens (tertiary/aromatic N) is 6. The lowest BCUT2D eigenvalue weighted by atomic mass is 10.0. The molecule has 0 spiro atoms. The summed E-state index contributed by atoms with van der Waals surface area (Å²) in [6, 6.07) is 8.98. The zero-order valence-corrected chi connectivity index (χ0v) is 17.3. The van der Waals surface area contributed by atoms with Crippen LogP contribution in [0.3, 0.4) is 0 Å². The van der Waals surface area contributed by atoms with Gasteiger partial charge in [0, 0.05) is 18.7 Å². The monoisotopic (exact) mass is 469 g/mol. The molecule has 8 nitrogen and oxygen atoms in total. The van der Waals surface area contributed by atoms with E-state index in [1.54, 1.807) is 17.0 Å². The maximum absolute atomic E-state index is 14.2. The number of nitrogens with one attached hydrogen (secondary N) is 1. The molecule has 1 aromatic carbocycles. The average molecular weight is 469 g/mol. The van der Waals surface area contributed by atoms with Crippen molar-refractivity contribution in [3.05, 3.63) is 83.2 Å². The van der Waals surface area contributed by atoms with Gasteiger partial charge in [0.1, 0.15) is 28.9 Å². The molecular weight excluding hydrogens is 454 g/mol. The van der Waals surface area contributed by atoms with Gasteiger partial charge in [0.05, 0.1) is 23.2 Å². The fraction of sp³-hybridized carbons (Fsp3) is 0.182. The van der Waals surface area contributed by atoms with Crippen LogP contribution in [0.2, 0.25) is 0 Å². The zero-order chi connectivity index (χ0) is 23.4. The number of hydrogen-bond acceptors (Lipinski definition) is 6. The predicted octanol–water partition coefficient (Wildman–Crippen LogP) is 4.48. The van der Waals surface area contributed by atoms with Crippen LogP contribution in [0.4, 0.5) is 23.6 Å². The van der Waals surface area contributed by atoms with E-state index in [9.17, 15) is 17.6 Å². The molecule has 0 saturated carbocycles. The van der Waals surface area contributed by atoms with Gasteiger partial charge in [0.25, 0.3) is 12.3 Å². The highest BCUT2D eigenvalue weighted by Gasteiger charge is 2.36. The van der Waals surface area contributed by atoms with Gasteiger partial charge in [-0.1, -0.05) is 17.2 Å². The molecule has 1 atom stereocenters. The van der Waals surface area contributed by atoms with E-state index < -0.39 is 29.7 Å². The van der Waals surface area contributed by atoms with Crippen LogP contribution in [-0.4, -0.2) is 36.3 Å². The number of rotatable bonds is 4. The van der Waals surface area contributed by atoms with E-state index in [1.807, 2.05) is 0 Å². The van der Waals surface area contributed by atoms with E-state index in [2.05, 4.69) is 25.3 Å². The Kier molecular flexibility index (Phi) is 4.61. The zero-order valence-electron chi connectivity index (χ0n) is 17.3. The van der Waals surface area contributed by atoms with Crippen LogP contribution in [0, 0.1) is 11.6 Å². The van der Waals surface area contributed by atoms with Gasteiger partial charge >= 0.3 is 6.01 Å². The van der Waals surface area contributed by atoms with Crippen LogP contribution in [-0.2, 0) is 6.42 Å². The number of benzene rings is 1. The fourth-order valence-corrected chi connectivity index (χ4v) is 4.27. The van der Waals surface area contributed by atoms with Gasteiger partial charge in [-0.25, -0.2) is 27.1 Å². The Labute approximate surface area is 188 Å². The summed E-state index contributed by atoms with van der Waals surface area (Å²) in [5.74, 6) is -1.98. The van der Waals surface area contributed by atoms with Crippen LogP contribution in [0.1, 0.15) is 35.2 Å². The van der Waals surface area contributed by atoms with Gasteiger partial charge in [0.15, 0.2) is 0 Å². The predicted molar refractivity (Wildman–Crippen MR) is 111 cm³/mol. The number of alkyl halides is 2. The highest BCUT2D eigenvalue weighted by Crippen LogP contribution is 2.38. The lowest BCUT2D eigenvalue weighted by molar-refractivity contribution is 0.143. The average Bonchev–Trinajstić information content (AvgIpc) is 3.56. The Bertz CT molecular complexity index is 1490. The van der Waals surface area contributed by atoms with E-state index in [0.717, 1.165) is 17.8 Å². The number of aromatic amines is 1. The van der Waals surface area contributed by atoms with Crippen molar-refractivity contribution in [2.24, 2.45) is 0 Å². The smallest absolute Gasteiger partial charge is 0.319 e. The highest BCUT2D eigenvalue weighted by molar-refractivity contribution is 5.57. The molecule has 172 valence electrons. The first-order valence-electron chi connectivity index (χ1n) is 10.3. The summed E-state index contributed by atoms with van der Waals surface area (Å²) < 4.78 is 62.4. The van der Waals surface area contributed by atoms with E-state index in [1.165, 1.54) is 29.0 Å². The largest absolute Gasteiger partial charge is 0.403 e. The first kappa shape index (κ1) is 20.4. The molecule has 4 aromatic heterocycles. The third-order valence-electron chi connectivity index (χ3n) is 5.80. The molecule has 5 aromatic rings. The number of halogens is 4. The van der Waals surface area contributed by atoms with E-state index in [-0.39, 0.29) is 17.6 Å². The minimum absolute atomic E-state index is 0.00226. The number of aromatic nitrogens is 6. The minimum Gasteiger partial charge on any atom is -0.403 e. The van der Waals surface area contributed by atoms with Crippen LogP contribution in [0.25, 0.3) is 17.0 Å². The highest BCUT2D eigenvalue weighted by atomic mass is 19.3. The SMILES string of the molecule is Fc1cccc(F)c1-c1nnc(N2CCc3[nH]cnc3C2c2cc3cccc(C(F)F)n3n2)o1. The molecule has 0 radical (unpaired) electrons. The lowest BCUT2D eigenvalue weighted by Gasteiger charge is -2.32. The van der Waals surface area contributed by atoms with E-state index in [4.69, 9.17) is 4.42 Å². The number of H-pyrrole nitrogens is 1. The number of fused-ring (bicyclic) bond motifs is 2. The molecule has 0 saturated heterocycles. The summed E-state index contributed by atoms with van der Waals surface area (Å²) in [4.78, 5) is 9.18. The first-order valence-corrected chi connectivity index (χ1v) is 10.3. The molecular formula is C22H15F4N7O. The topological polar surface area (TPSA) is 88.1 Å². The Hall–Kier alpha value is -4.22. The third kappa shape index (κ3) is 3.13. The van der Waals surface area contributed by atoms with E-state index in [0.29, 0.717) is 29.9 Å². The second kappa shape index (κ2) is 7.68. The van der Waals surface area contributed by atoms with Gasteiger partial charge < -0.3 is 14.3 Å². The van der Waals surface area contributed by atoms with Crippen LogP contribution in [0.5, 0.6) is 0 Å². The molecule has 0 bridgehead atoms. The molecule has 12 heteroatoms. The summed E-state index contributed by atoms with van der Waals surface area (Å²) >= 11 is 0.